The fraction of sp³-hybridized carbons (Fsp3) is 0.500. The van der Waals surface area contributed by atoms with Crippen LogP contribution < -0.4 is 5.32 Å². The van der Waals surface area contributed by atoms with E-state index in [1.807, 2.05) is 18.2 Å². The third-order valence-electron chi connectivity index (χ3n) is 4.92. The van der Waals surface area contributed by atoms with Gasteiger partial charge in [0.1, 0.15) is 11.5 Å². The van der Waals surface area contributed by atoms with Crippen LogP contribution in [0.4, 0.5) is 0 Å². The SMILES string of the molecule is CC(CCc1ccc(O)cc1)NCC(c1ccco1)N1CCCC1. The maximum atomic E-state index is 9.35. The van der Waals surface area contributed by atoms with Gasteiger partial charge in [-0.05, 0) is 75.5 Å². The fourth-order valence-electron chi connectivity index (χ4n) is 3.40. The van der Waals surface area contributed by atoms with Crippen LogP contribution in [0.3, 0.4) is 0 Å². The Bertz CT molecular complexity index is 589. The molecule has 4 nitrogen and oxygen atoms in total. The molecular formula is C20H28N2O2. The van der Waals surface area contributed by atoms with Gasteiger partial charge in [-0.15, -0.1) is 0 Å². The topological polar surface area (TPSA) is 48.6 Å². The second kappa shape index (κ2) is 8.36. The number of benzene rings is 1. The van der Waals surface area contributed by atoms with Crippen molar-refractivity contribution in [1.82, 2.24) is 10.2 Å². The maximum absolute atomic E-state index is 9.35. The summed E-state index contributed by atoms with van der Waals surface area (Å²) in [6.45, 7) is 5.48. The van der Waals surface area contributed by atoms with Gasteiger partial charge in [-0.3, -0.25) is 4.90 Å². The van der Waals surface area contributed by atoms with Crippen molar-refractivity contribution in [1.29, 1.82) is 0 Å². The van der Waals surface area contributed by atoms with Crippen molar-refractivity contribution in [2.75, 3.05) is 19.6 Å². The molecule has 2 aromatic rings. The molecule has 4 heteroatoms. The molecule has 1 saturated heterocycles. The molecule has 2 heterocycles. The molecule has 1 aromatic heterocycles. The van der Waals surface area contributed by atoms with Crippen LogP contribution in [0.2, 0.25) is 0 Å². The Balaban J connectivity index is 1.49. The summed E-state index contributed by atoms with van der Waals surface area (Å²) in [5, 5.41) is 13.0. The summed E-state index contributed by atoms with van der Waals surface area (Å²) in [4.78, 5) is 2.53. The van der Waals surface area contributed by atoms with Crippen LogP contribution in [0.1, 0.15) is 43.6 Å². The second-order valence-electron chi connectivity index (χ2n) is 6.79. The van der Waals surface area contributed by atoms with Gasteiger partial charge in [0.2, 0.25) is 0 Å². The lowest BCUT2D eigenvalue weighted by Gasteiger charge is -2.27. The van der Waals surface area contributed by atoms with Gasteiger partial charge in [0, 0.05) is 12.6 Å². The van der Waals surface area contributed by atoms with Crippen LogP contribution in [0.5, 0.6) is 5.75 Å². The molecule has 0 spiro atoms. The molecule has 0 saturated carbocycles. The van der Waals surface area contributed by atoms with E-state index in [9.17, 15) is 5.11 Å². The number of likely N-dealkylation sites (tertiary alicyclic amines) is 1. The van der Waals surface area contributed by atoms with Crippen molar-refractivity contribution < 1.29 is 9.52 Å². The number of rotatable bonds is 8. The van der Waals surface area contributed by atoms with Crippen molar-refractivity contribution in [3.8, 4) is 5.75 Å². The summed E-state index contributed by atoms with van der Waals surface area (Å²) in [7, 11) is 0. The Kier molecular flexibility index (Phi) is 5.94. The Labute approximate surface area is 144 Å². The molecule has 0 amide bonds. The van der Waals surface area contributed by atoms with Crippen molar-refractivity contribution in [3.05, 3.63) is 54.0 Å². The van der Waals surface area contributed by atoms with Gasteiger partial charge in [0.15, 0.2) is 0 Å². The number of nitrogens with zero attached hydrogens (tertiary/aromatic N) is 1. The first-order valence-electron chi connectivity index (χ1n) is 9.01. The van der Waals surface area contributed by atoms with Gasteiger partial charge in [0.25, 0.3) is 0 Å². The predicted molar refractivity (Wildman–Crippen MR) is 96.1 cm³/mol. The summed E-state index contributed by atoms with van der Waals surface area (Å²) < 4.78 is 5.68. The normalized spacial score (nSPS) is 17.9. The van der Waals surface area contributed by atoms with Crippen LogP contribution >= 0.6 is 0 Å². The van der Waals surface area contributed by atoms with Gasteiger partial charge in [-0.1, -0.05) is 12.1 Å². The number of phenols is 1. The minimum atomic E-state index is 0.330. The van der Waals surface area contributed by atoms with Crippen molar-refractivity contribution in [3.63, 3.8) is 0 Å². The first-order valence-corrected chi connectivity index (χ1v) is 9.01. The quantitative estimate of drug-likeness (QED) is 0.775. The molecule has 1 aliphatic rings. The molecule has 0 aliphatic carbocycles. The van der Waals surface area contributed by atoms with Crippen LogP contribution in [-0.4, -0.2) is 35.7 Å². The Hall–Kier alpha value is -1.78. The highest BCUT2D eigenvalue weighted by molar-refractivity contribution is 5.25. The van der Waals surface area contributed by atoms with E-state index in [1.54, 1.807) is 18.4 Å². The Morgan fingerprint density at radius 3 is 2.58 bits per heavy atom. The van der Waals surface area contributed by atoms with E-state index in [1.165, 1.54) is 18.4 Å². The number of hydrogen-bond acceptors (Lipinski definition) is 4. The van der Waals surface area contributed by atoms with Crippen molar-refractivity contribution in [2.45, 2.75) is 44.7 Å². The lowest BCUT2D eigenvalue weighted by atomic mass is 10.1. The summed E-state index contributed by atoms with van der Waals surface area (Å²) in [6.07, 6.45) is 6.44. The van der Waals surface area contributed by atoms with Gasteiger partial charge in [0.05, 0.1) is 12.3 Å². The molecule has 2 atom stereocenters. The molecule has 0 bridgehead atoms. The molecule has 130 valence electrons. The molecule has 24 heavy (non-hydrogen) atoms. The number of phenolic OH excluding ortho intramolecular Hbond substituents is 1. The average molecular weight is 328 g/mol. The highest BCUT2D eigenvalue weighted by Gasteiger charge is 2.25. The number of aryl methyl sites for hydroxylation is 1. The highest BCUT2D eigenvalue weighted by Crippen LogP contribution is 2.25. The van der Waals surface area contributed by atoms with E-state index in [-0.39, 0.29) is 0 Å². The van der Waals surface area contributed by atoms with Gasteiger partial charge in [-0.2, -0.15) is 0 Å². The number of hydrogen-bond donors (Lipinski definition) is 2. The van der Waals surface area contributed by atoms with E-state index < -0.39 is 0 Å². The molecule has 1 aliphatic heterocycles. The monoisotopic (exact) mass is 328 g/mol. The predicted octanol–water partition coefficient (Wildman–Crippen LogP) is 3.73. The zero-order valence-electron chi connectivity index (χ0n) is 14.4. The Morgan fingerprint density at radius 2 is 1.92 bits per heavy atom. The first kappa shape index (κ1) is 17.1. The third kappa shape index (κ3) is 4.62. The lowest BCUT2D eigenvalue weighted by Crippen LogP contribution is -2.37. The van der Waals surface area contributed by atoms with E-state index in [0.29, 0.717) is 17.8 Å². The molecule has 3 rings (SSSR count). The molecule has 0 radical (unpaired) electrons. The maximum Gasteiger partial charge on any atom is 0.122 e. The number of nitrogens with one attached hydrogen (secondary N) is 1. The van der Waals surface area contributed by atoms with Crippen LogP contribution in [0, 0.1) is 0 Å². The molecule has 1 fully saturated rings. The summed E-state index contributed by atoms with van der Waals surface area (Å²) >= 11 is 0. The lowest BCUT2D eigenvalue weighted by molar-refractivity contribution is 0.204. The van der Waals surface area contributed by atoms with Crippen LogP contribution in [0.15, 0.2) is 47.1 Å². The van der Waals surface area contributed by atoms with Crippen LogP contribution in [-0.2, 0) is 6.42 Å². The van der Waals surface area contributed by atoms with E-state index in [4.69, 9.17) is 4.42 Å². The molecule has 1 aromatic carbocycles. The smallest absolute Gasteiger partial charge is 0.122 e. The Morgan fingerprint density at radius 1 is 1.17 bits per heavy atom. The van der Waals surface area contributed by atoms with E-state index in [0.717, 1.165) is 38.2 Å². The number of aromatic hydroxyl groups is 1. The molecular weight excluding hydrogens is 300 g/mol. The second-order valence-corrected chi connectivity index (χ2v) is 6.79. The summed E-state index contributed by atoms with van der Waals surface area (Å²) in [5.41, 5.74) is 1.27. The van der Waals surface area contributed by atoms with Gasteiger partial charge >= 0.3 is 0 Å². The van der Waals surface area contributed by atoms with E-state index >= 15 is 0 Å². The van der Waals surface area contributed by atoms with Gasteiger partial charge in [-0.25, -0.2) is 0 Å². The fourth-order valence-corrected chi connectivity index (χ4v) is 3.40. The van der Waals surface area contributed by atoms with E-state index in [2.05, 4.69) is 23.2 Å². The zero-order chi connectivity index (χ0) is 16.8. The largest absolute Gasteiger partial charge is 0.508 e. The standard InChI is InChI=1S/C20H28N2O2/c1-16(6-7-17-8-10-18(23)11-9-17)21-15-19(20-5-4-14-24-20)22-12-2-3-13-22/h4-5,8-11,14,16,19,21,23H,2-3,6-7,12-13,15H2,1H3. The molecule has 2 N–H and O–H groups in total. The zero-order valence-corrected chi connectivity index (χ0v) is 14.4. The minimum absolute atomic E-state index is 0.330. The van der Waals surface area contributed by atoms with Crippen molar-refractivity contribution in [2.24, 2.45) is 0 Å². The molecule has 2 unspecified atom stereocenters. The summed E-state index contributed by atoms with van der Waals surface area (Å²) in [6, 6.07) is 12.4. The summed E-state index contributed by atoms with van der Waals surface area (Å²) in [5.74, 6) is 1.40. The van der Waals surface area contributed by atoms with Gasteiger partial charge < -0.3 is 14.8 Å². The van der Waals surface area contributed by atoms with Crippen LogP contribution in [0.25, 0.3) is 0 Å². The first-order chi connectivity index (χ1) is 11.7. The van der Waals surface area contributed by atoms with Crippen molar-refractivity contribution >= 4 is 0 Å². The highest BCUT2D eigenvalue weighted by atomic mass is 16.3. The third-order valence-corrected chi connectivity index (χ3v) is 4.92. The minimum Gasteiger partial charge on any atom is -0.508 e. The average Bonchev–Trinajstić information content (AvgIpc) is 3.29. The number of furan rings is 1.